The molecule has 0 radical (unpaired) electrons. The quantitative estimate of drug-likeness (QED) is 0.854. The van der Waals surface area contributed by atoms with Crippen LogP contribution in [0.1, 0.15) is 25.5 Å². The van der Waals surface area contributed by atoms with Gasteiger partial charge in [0.05, 0.1) is 29.2 Å². The minimum Gasteiger partial charge on any atom is -0.344 e. The molecule has 0 unspecified atom stereocenters. The van der Waals surface area contributed by atoms with Crippen molar-refractivity contribution in [2.24, 2.45) is 12.8 Å². The maximum atomic E-state index is 11.8. The Morgan fingerprint density at radius 1 is 1.35 bits per heavy atom. The van der Waals surface area contributed by atoms with Crippen molar-refractivity contribution in [3.8, 4) is 11.3 Å². The average molecular weight is 359 g/mol. The molecule has 0 bridgehead atoms. The molecule has 2 aromatic heterocycles. The zero-order valence-electron chi connectivity index (χ0n) is 12.9. The second-order valence-electron chi connectivity index (χ2n) is 5.57. The van der Waals surface area contributed by atoms with E-state index in [1.807, 2.05) is 25.4 Å². The maximum Gasteiger partial charge on any atom is 0.237 e. The summed E-state index contributed by atoms with van der Waals surface area (Å²) in [5, 5.41) is 15.6. The molecule has 1 atom stereocenters. The second-order valence-corrected chi connectivity index (χ2v) is 5.57. The van der Waals surface area contributed by atoms with Gasteiger partial charge in [0.1, 0.15) is 0 Å². The van der Waals surface area contributed by atoms with Gasteiger partial charge in [0.25, 0.3) is 0 Å². The van der Waals surface area contributed by atoms with Crippen LogP contribution >= 0.6 is 24.8 Å². The summed E-state index contributed by atoms with van der Waals surface area (Å²) in [6.07, 6.45) is 5.36. The molecule has 9 heteroatoms. The highest BCUT2D eigenvalue weighted by Gasteiger charge is 2.47. The van der Waals surface area contributed by atoms with Crippen LogP contribution in [0.5, 0.6) is 0 Å². The fourth-order valence-electron chi connectivity index (χ4n) is 2.21. The van der Waals surface area contributed by atoms with Crippen molar-refractivity contribution >= 4 is 30.7 Å². The number of hydrogen-bond acceptors (Lipinski definition) is 5. The van der Waals surface area contributed by atoms with Crippen molar-refractivity contribution in [1.82, 2.24) is 25.3 Å². The van der Waals surface area contributed by atoms with Crippen LogP contribution in [0.25, 0.3) is 11.3 Å². The number of nitrogens with one attached hydrogen (secondary N) is 1. The number of nitrogens with two attached hydrogens (primary N) is 1. The lowest BCUT2D eigenvalue weighted by atomic mass is 10.1. The van der Waals surface area contributed by atoms with E-state index in [1.54, 1.807) is 17.8 Å². The Morgan fingerprint density at radius 3 is 2.48 bits per heavy atom. The van der Waals surface area contributed by atoms with E-state index in [1.165, 1.54) is 0 Å². The fraction of sp³-hybridized carbons (Fsp3) is 0.429. The second kappa shape index (κ2) is 7.25. The lowest BCUT2D eigenvalue weighted by Gasteiger charge is -2.18. The van der Waals surface area contributed by atoms with E-state index in [2.05, 4.69) is 20.6 Å². The molecule has 0 saturated heterocycles. The smallest absolute Gasteiger partial charge is 0.237 e. The minimum atomic E-state index is -0.523. The standard InChI is InChI=1S/C14H18N6O.2ClH/c1-9(15)13(21)17-14(5-6-14)12-4-3-11(18-19-12)10-7-16-20(2)8-10;;/h3-4,7-9H,5-6,15H2,1-2H3,(H,17,21);2*1H/t9-;;/m0../s1. The van der Waals surface area contributed by atoms with Crippen molar-refractivity contribution in [2.45, 2.75) is 31.3 Å². The van der Waals surface area contributed by atoms with E-state index in [9.17, 15) is 4.79 Å². The molecule has 3 rings (SSSR count). The van der Waals surface area contributed by atoms with E-state index in [0.29, 0.717) is 0 Å². The first-order valence-electron chi connectivity index (χ1n) is 6.91. The van der Waals surface area contributed by atoms with Crippen LogP contribution in [0.4, 0.5) is 0 Å². The number of hydrogen-bond donors (Lipinski definition) is 2. The van der Waals surface area contributed by atoms with Gasteiger partial charge in [0.2, 0.25) is 5.91 Å². The average Bonchev–Trinajstić information content (AvgIpc) is 3.12. The fourth-order valence-corrected chi connectivity index (χ4v) is 2.21. The first-order valence-corrected chi connectivity index (χ1v) is 6.91. The van der Waals surface area contributed by atoms with Gasteiger partial charge in [-0.05, 0) is 31.9 Å². The molecule has 1 aliphatic carbocycles. The highest BCUT2D eigenvalue weighted by atomic mass is 35.5. The molecule has 3 N–H and O–H groups in total. The van der Waals surface area contributed by atoms with E-state index in [-0.39, 0.29) is 36.3 Å². The van der Waals surface area contributed by atoms with Crippen molar-refractivity contribution < 1.29 is 4.79 Å². The highest BCUT2D eigenvalue weighted by Crippen LogP contribution is 2.44. The predicted octanol–water partition coefficient (Wildman–Crippen LogP) is 1.17. The van der Waals surface area contributed by atoms with Gasteiger partial charge < -0.3 is 11.1 Å². The molecule has 2 heterocycles. The van der Waals surface area contributed by atoms with Crippen LogP contribution in [0.15, 0.2) is 24.5 Å². The third-order valence-corrected chi connectivity index (χ3v) is 3.68. The van der Waals surface area contributed by atoms with Crippen molar-refractivity contribution in [2.75, 3.05) is 0 Å². The summed E-state index contributed by atoms with van der Waals surface area (Å²) in [5.74, 6) is -0.161. The summed E-state index contributed by atoms with van der Waals surface area (Å²) in [4.78, 5) is 11.8. The molecule has 1 saturated carbocycles. The van der Waals surface area contributed by atoms with Gasteiger partial charge in [-0.1, -0.05) is 0 Å². The number of aromatic nitrogens is 4. The van der Waals surface area contributed by atoms with Crippen molar-refractivity contribution in [3.05, 3.63) is 30.2 Å². The molecule has 7 nitrogen and oxygen atoms in total. The Hall–Kier alpha value is -1.70. The van der Waals surface area contributed by atoms with Crippen LogP contribution in [0.2, 0.25) is 0 Å². The van der Waals surface area contributed by atoms with Crippen molar-refractivity contribution in [3.63, 3.8) is 0 Å². The first kappa shape index (κ1) is 19.3. The van der Waals surface area contributed by atoms with Crippen LogP contribution in [0, 0.1) is 0 Å². The zero-order chi connectivity index (χ0) is 15.0. The van der Waals surface area contributed by atoms with Crippen LogP contribution in [-0.2, 0) is 17.4 Å². The van der Waals surface area contributed by atoms with Gasteiger partial charge in [0, 0.05) is 18.8 Å². The topological polar surface area (TPSA) is 98.7 Å². The van der Waals surface area contributed by atoms with Gasteiger partial charge in [0.15, 0.2) is 0 Å². The molecular weight excluding hydrogens is 339 g/mol. The van der Waals surface area contributed by atoms with E-state index in [4.69, 9.17) is 5.73 Å². The predicted molar refractivity (Wildman–Crippen MR) is 91.4 cm³/mol. The summed E-state index contributed by atoms with van der Waals surface area (Å²) >= 11 is 0. The van der Waals surface area contributed by atoms with Crippen LogP contribution in [0.3, 0.4) is 0 Å². The summed E-state index contributed by atoms with van der Waals surface area (Å²) in [5.41, 5.74) is 7.67. The minimum absolute atomic E-state index is 0. The molecule has 2 aromatic rings. The van der Waals surface area contributed by atoms with Gasteiger partial charge in [-0.25, -0.2) is 0 Å². The monoisotopic (exact) mass is 358 g/mol. The molecule has 1 fully saturated rings. The lowest BCUT2D eigenvalue weighted by Crippen LogP contribution is -2.44. The summed E-state index contributed by atoms with van der Waals surface area (Å²) < 4.78 is 1.72. The van der Waals surface area contributed by atoms with Crippen molar-refractivity contribution in [1.29, 1.82) is 0 Å². The van der Waals surface area contributed by atoms with Gasteiger partial charge in [-0.2, -0.15) is 15.3 Å². The van der Waals surface area contributed by atoms with Crippen LogP contribution in [-0.4, -0.2) is 31.9 Å². The van der Waals surface area contributed by atoms with E-state index in [0.717, 1.165) is 29.8 Å². The molecular formula is C14H20Cl2N6O. The number of rotatable bonds is 4. The maximum absolute atomic E-state index is 11.8. The summed E-state index contributed by atoms with van der Waals surface area (Å²) in [6, 6.07) is 3.28. The van der Waals surface area contributed by atoms with Crippen LogP contribution < -0.4 is 11.1 Å². The molecule has 23 heavy (non-hydrogen) atoms. The number of amides is 1. The zero-order valence-corrected chi connectivity index (χ0v) is 14.5. The molecule has 1 amide bonds. The lowest BCUT2D eigenvalue weighted by molar-refractivity contribution is -0.123. The number of carbonyl (C=O) groups is 1. The Labute approximate surface area is 146 Å². The normalized spacial score (nSPS) is 15.8. The Kier molecular flexibility index (Phi) is 6.10. The Morgan fingerprint density at radius 2 is 2.04 bits per heavy atom. The third kappa shape index (κ3) is 3.99. The number of halogens is 2. The summed E-state index contributed by atoms with van der Waals surface area (Å²) in [7, 11) is 1.86. The van der Waals surface area contributed by atoms with Gasteiger partial charge in [-0.3, -0.25) is 9.48 Å². The summed E-state index contributed by atoms with van der Waals surface area (Å²) in [6.45, 7) is 1.67. The van der Waals surface area contributed by atoms with Gasteiger partial charge >= 0.3 is 0 Å². The Bertz CT molecular complexity index is 666. The van der Waals surface area contributed by atoms with E-state index >= 15 is 0 Å². The largest absolute Gasteiger partial charge is 0.344 e. The number of carbonyl (C=O) groups excluding carboxylic acids is 1. The molecule has 0 aliphatic heterocycles. The number of nitrogens with zero attached hydrogens (tertiary/aromatic N) is 4. The molecule has 0 aromatic carbocycles. The Balaban J connectivity index is 0.00000132. The molecule has 0 spiro atoms. The highest BCUT2D eigenvalue weighted by molar-refractivity contribution is 5.85. The number of aryl methyl sites for hydroxylation is 1. The molecule has 126 valence electrons. The first-order chi connectivity index (χ1) is 10.00. The molecule has 1 aliphatic rings. The SMILES string of the molecule is C[C@H](N)C(=O)NC1(c2ccc(-c3cnn(C)c3)nn2)CC1.Cl.Cl. The van der Waals surface area contributed by atoms with E-state index < -0.39 is 6.04 Å². The van der Waals surface area contributed by atoms with Gasteiger partial charge in [-0.15, -0.1) is 24.8 Å². The third-order valence-electron chi connectivity index (χ3n) is 3.68.